The number of hydrogen-bond acceptors (Lipinski definition) is 4. The van der Waals surface area contributed by atoms with E-state index in [9.17, 15) is 4.79 Å². The minimum atomic E-state index is -0.0563. The van der Waals surface area contributed by atoms with E-state index < -0.39 is 0 Å². The molecule has 2 aromatic heterocycles. The lowest BCUT2D eigenvalue weighted by atomic mass is 9.96. The van der Waals surface area contributed by atoms with Crippen LogP contribution in [-0.4, -0.2) is 28.9 Å². The summed E-state index contributed by atoms with van der Waals surface area (Å²) in [6, 6.07) is 9.40. The van der Waals surface area contributed by atoms with Crippen LogP contribution in [0.15, 0.2) is 34.7 Å². The zero-order valence-corrected chi connectivity index (χ0v) is 15.0. The molecule has 0 aliphatic carbocycles. The number of aromatic nitrogens is 1. The van der Waals surface area contributed by atoms with Crippen LogP contribution in [0.25, 0.3) is 11.1 Å². The molecule has 1 aliphatic rings. The maximum Gasteiger partial charge on any atom is 0.256 e. The summed E-state index contributed by atoms with van der Waals surface area (Å²) in [5.41, 5.74) is 2.18. The van der Waals surface area contributed by atoms with E-state index in [0.717, 1.165) is 29.8 Å². The SMILES string of the molecule is O=C(c1cc(Cl)sc1Cl)N1CCC(c2nc3ccccc3o2)CC1. The smallest absolute Gasteiger partial charge is 0.256 e. The van der Waals surface area contributed by atoms with Crippen molar-refractivity contribution in [1.29, 1.82) is 0 Å². The largest absolute Gasteiger partial charge is 0.440 e. The van der Waals surface area contributed by atoms with Gasteiger partial charge in [-0.2, -0.15) is 0 Å². The van der Waals surface area contributed by atoms with Crippen LogP contribution >= 0.6 is 34.5 Å². The van der Waals surface area contributed by atoms with Gasteiger partial charge in [-0.25, -0.2) is 4.98 Å². The number of para-hydroxylation sites is 2. The van der Waals surface area contributed by atoms with E-state index in [4.69, 9.17) is 27.6 Å². The van der Waals surface area contributed by atoms with Gasteiger partial charge < -0.3 is 9.32 Å². The second kappa shape index (κ2) is 6.39. The summed E-state index contributed by atoms with van der Waals surface area (Å²) < 4.78 is 6.84. The van der Waals surface area contributed by atoms with Gasteiger partial charge in [0.05, 0.1) is 9.90 Å². The van der Waals surface area contributed by atoms with E-state index in [-0.39, 0.29) is 11.8 Å². The number of halogens is 2. The van der Waals surface area contributed by atoms with E-state index in [2.05, 4.69) is 4.98 Å². The molecule has 0 unspecified atom stereocenters. The fraction of sp³-hybridized carbons (Fsp3) is 0.294. The molecule has 0 saturated carbocycles. The molecule has 1 aromatic carbocycles. The van der Waals surface area contributed by atoms with Crippen LogP contribution < -0.4 is 0 Å². The molecule has 0 bridgehead atoms. The Hall–Kier alpha value is -1.56. The standard InChI is InChI=1S/C17H14Cl2N2O2S/c18-14-9-11(15(19)24-14)17(22)21-7-5-10(6-8-21)16-20-12-3-1-2-4-13(12)23-16/h1-4,9-10H,5-8H2. The van der Waals surface area contributed by atoms with E-state index in [1.807, 2.05) is 29.2 Å². The normalized spacial score (nSPS) is 16.0. The Morgan fingerprint density at radius 3 is 2.67 bits per heavy atom. The van der Waals surface area contributed by atoms with Crippen molar-refractivity contribution in [2.24, 2.45) is 0 Å². The summed E-state index contributed by atoms with van der Waals surface area (Å²) in [4.78, 5) is 19.0. The Kier molecular flexibility index (Phi) is 4.24. The van der Waals surface area contributed by atoms with Crippen LogP contribution in [0.5, 0.6) is 0 Å². The summed E-state index contributed by atoms with van der Waals surface area (Å²) in [5.74, 6) is 0.946. The zero-order chi connectivity index (χ0) is 16.7. The molecule has 4 rings (SSSR count). The number of likely N-dealkylation sites (tertiary alicyclic amines) is 1. The summed E-state index contributed by atoms with van der Waals surface area (Å²) in [6.07, 6.45) is 1.65. The van der Waals surface area contributed by atoms with Crippen LogP contribution in [0, 0.1) is 0 Å². The highest BCUT2D eigenvalue weighted by molar-refractivity contribution is 7.20. The average Bonchev–Trinajstić information content (AvgIpc) is 3.17. The number of piperidine rings is 1. The van der Waals surface area contributed by atoms with Crippen molar-refractivity contribution in [3.8, 4) is 0 Å². The van der Waals surface area contributed by atoms with Crippen molar-refractivity contribution in [1.82, 2.24) is 9.88 Å². The van der Waals surface area contributed by atoms with E-state index >= 15 is 0 Å². The predicted octanol–water partition coefficient (Wildman–Crippen LogP) is 5.22. The Balaban J connectivity index is 1.46. The lowest BCUT2D eigenvalue weighted by molar-refractivity contribution is 0.0707. The number of carbonyl (C=O) groups excluding carboxylic acids is 1. The summed E-state index contributed by atoms with van der Waals surface area (Å²) in [7, 11) is 0. The topological polar surface area (TPSA) is 46.3 Å². The molecule has 3 heterocycles. The zero-order valence-electron chi connectivity index (χ0n) is 12.7. The first-order valence-electron chi connectivity index (χ1n) is 7.71. The number of rotatable bonds is 2. The highest BCUT2D eigenvalue weighted by atomic mass is 35.5. The van der Waals surface area contributed by atoms with Crippen molar-refractivity contribution in [2.75, 3.05) is 13.1 Å². The van der Waals surface area contributed by atoms with Gasteiger partial charge in [0.1, 0.15) is 9.85 Å². The number of carbonyl (C=O) groups is 1. The number of hydrogen-bond donors (Lipinski definition) is 0. The lowest BCUT2D eigenvalue weighted by Gasteiger charge is -2.30. The van der Waals surface area contributed by atoms with Gasteiger partial charge in [-0.15, -0.1) is 11.3 Å². The van der Waals surface area contributed by atoms with Crippen molar-refractivity contribution in [3.63, 3.8) is 0 Å². The predicted molar refractivity (Wildman–Crippen MR) is 96.2 cm³/mol. The van der Waals surface area contributed by atoms with Crippen LogP contribution in [0.3, 0.4) is 0 Å². The van der Waals surface area contributed by atoms with E-state index in [1.54, 1.807) is 6.07 Å². The molecule has 0 spiro atoms. The van der Waals surface area contributed by atoms with Gasteiger partial charge in [-0.1, -0.05) is 35.3 Å². The van der Waals surface area contributed by atoms with Crippen molar-refractivity contribution in [3.05, 3.63) is 50.5 Å². The van der Waals surface area contributed by atoms with Crippen LogP contribution in [-0.2, 0) is 0 Å². The van der Waals surface area contributed by atoms with Crippen molar-refractivity contribution < 1.29 is 9.21 Å². The first kappa shape index (κ1) is 15.9. The molecule has 1 amide bonds. The number of amides is 1. The number of benzene rings is 1. The number of nitrogens with zero attached hydrogens (tertiary/aromatic N) is 2. The number of fused-ring (bicyclic) bond motifs is 1. The van der Waals surface area contributed by atoms with Gasteiger partial charge in [0.15, 0.2) is 11.5 Å². The van der Waals surface area contributed by atoms with E-state index in [1.165, 1.54) is 11.3 Å². The highest BCUT2D eigenvalue weighted by Gasteiger charge is 2.29. The van der Waals surface area contributed by atoms with Gasteiger partial charge >= 0.3 is 0 Å². The molecule has 1 saturated heterocycles. The van der Waals surface area contributed by atoms with Gasteiger partial charge in [0, 0.05) is 19.0 Å². The Labute approximate surface area is 153 Å². The molecule has 0 radical (unpaired) electrons. The van der Waals surface area contributed by atoms with Gasteiger partial charge in [0.2, 0.25) is 0 Å². The first-order chi connectivity index (χ1) is 11.6. The summed E-state index contributed by atoms with van der Waals surface area (Å²) in [5, 5.41) is 0. The molecular weight excluding hydrogens is 367 g/mol. The molecule has 0 N–H and O–H groups in total. The molecule has 1 fully saturated rings. The third kappa shape index (κ3) is 2.92. The monoisotopic (exact) mass is 380 g/mol. The van der Waals surface area contributed by atoms with Gasteiger partial charge in [-0.05, 0) is 31.0 Å². The molecule has 0 atom stereocenters. The fourth-order valence-corrected chi connectivity index (χ4v) is 4.50. The lowest BCUT2D eigenvalue weighted by Crippen LogP contribution is -2.37. The van der Waals surface area contributed by atoms with Crippen LogP contribution in [0.1, 0.15) is 35.0 Å². The molecule has 124 valence electrons. The minimum Gasteiger partial charge on any atom is -0.440 e. The van der Waals surface area contributed by atoms with Crippen molar-refractivity contribution in [2.45, 2.75) is 18.8 Å². The Morgan fingerprint density at radius 1 is 1.25 bits per heavy atom. The maximum absolute atomic E-state index is 12.6. The average molecular weight is 381 g/mol. The van der Waals surface area contributed by atoms with Gasteiger partial charge in [-0.3, -0.25) is 4.79 Å². The molecule has 3 aromatic rings. The summed E-state index contributed by atoms with van der Waals surface area (Å²) in [6.45, 7) is 1.32. The number of oxazole rings is 1. The molecule has 7 heteroatoms. The second-order valence-electron chi connectivity index (χ2n) is 5.82. The highest BCUT2D eigenvalue weighted by Crippen LogP contribution is 2.34. The quantitative estimate of drug-likeness (QED) is 0.612. The molecule has 24 heavy (non-hydrogen) atoms. The molecular formula is C17H14Cl2N2O2S. The molecule has 1 aliphatic heterocycles. The Morgan fingerprint density at radius 2 is 2.00 bits per heavy atom. The Bertz CT molecular complexity index is 864. The molecule has 4 nitrogen and oxygen atoms in total. The second-order valence-corrected chi connectivity index (χ2v) is 8.11. The summed E-state index contributed by atoms with van der Waals surface area (Å²) >= 11 is 13.2. The van der Waals surface area contributed by atoms with Gasteiger partial charge in [0.25, 0.3) is 5.91 Å². The third-order valence-corrected chi connectivity index (χ3v) is 5.82. The number of thiophene rings is 1. The van der Waals surface area contributed by atoms with Crippen LogP contribution in [0.4, 0.5) is 0 Å². The minimum absolute atomic E-state index is 0.0563. The van der Waals surface area contributed by atoms with Crippen LogP contribution in [0.2, 0.25) is 8.67 Å². The third-order valence-electron chi connectivity index (χ3n) is 4.33. The first-order valence-corrected chi connectivity index (χ1v) is 9.28. The maximum atomic E-state index is 12.6. The van der Waals surface area contributed by atoms with E-state index in [0.29, 0.717) is 27.3 Å². The van der Waals surface area contributed by atoms with Crippen molar-refractivity contribution >= 4 is 51.5 Å². The fourth-order valence-electron chi connectivity index (χ4n) is 3.05.